The van der Waals surface area contributed by atoms with Gasteiger partial charge in [-0.15, -0.1) is 0 Å². The first kappa shape index (κ1) is 41.7. The highest BCUT2D eigenvalue weighted by atomic mass is 31.2. The van der Waals surface area contributed by atoms with Crippen molar-refractivity contribution in [2.24, 2.45) is 5.73 Å². The predicted octanol–water partition coefficient (Wildman–Crippen LogP) is 9.13. The highest BCUT2D eigenvalue weighted by molar-refractivity contribution is 7.47. The number of carbonyl (C=O) groups is 1. The minimum Gasteiger partial charge on any atom is -0.457 e. The molecule has 0 rings (SSSR count). The fourth-order valence-corrected chi connectivity index (χ4v) is 5.10. The Hall–Kier alpha value is -1.28. The van der Waals surface area contributed by atoms with E-state index in [-0.39, 0.29) is 32.8 Å². The lowest BCUT2D eigenvalue weighted by Crippen LogP contribution is -2.28. The zero-order valence-electron chi connectivity index (χ0n) is 27.4. The van der Waals surface area contributed by atoms with Crippen LogP contribution in [0.25, 0.3) is 0 Å². The van der Waals surface area contributed by atoms with Gasteiger partial charge in [0.1, 0.15) is 6.10 Å². The number of rotatable bonds is 32. The fourth-order valence-electron chi connectivity index (χ4n) is 4.33. The van der Waals surface area contributed by atoms with E-state index >= 15 is 0 Å². The number of carbonyl (C=O) groups excluding carboxylic acids is 1. The van der Waals surface area contributed by atoms with Gasteiger partial charge in [0.25, 0.3) is 0 Å². The van der Waals surface area contributed by atoms with Crippen LogP contribution in [0, 0.1) is 0 Å². The molecule has 0 spiro atoms. The van der Waals surface area contributed by atoms with Gasteiger partial charge in [-0.2, -0.15) is 0 Å². The van der Waals surface area contributed by atoms with E-state index in [1.54, 1.807) is 6.92 Å². The molecule has 43 heavy (non-hydrogen) atoms. The van der Waals surface area contributed by atoms with Gasteiger partial charge in [-0.1, -0.05) is 121 Å². The van der Waals surface area contributed by atoms with Crippen LogP contribution in [0.2, 0.25) is 0 Å². The van der Waals surface area contributed by atoms with Crippen LogP contribution in [0.5, 0.6) is 0 Å². The third-order valence-electron chi connectivity index (χ3n) is 6.86. The Morgan fingerprint density at radius 1 is 0.698 bits per heavy atom. The summed E-state index contributed by atoms with van der Waals surface area (Å²) in [7, 11) is -4.23. The summed E-state index contributed by atoms with van der Waals surface area (Å²) in [6.45, 7) is 4.30. The number of allylic oxidation sites excluding steroid dienone is 6. The summed E-state index contributed by atoms with van der Waals surface area (Å²) >= 11 is 0. The second kappa shape index (κ2) is 32.1. The lowest BCUT2D eigenvalue weighted by atomic mass is 10.1. The number of esters is 1. The normalized spacial score (nSPS) is 14.2. The first-order chi connectivity index (χ1) is 20.9. The molecule has 0 radical (unpaired) electrons. The highest BCUT2D eigenvalue weighted by Crippen LogP contribution is 2.43. The van der Waals surface area contributed by atoms with E-state index in [0.29, 0.717) is 6.61 Å². The van der Waals surface area contributed by atoms with Gasteiger partial charge >= 0.3 is 13.8 Å². The zero-order chi connectivity index (χ0) is 31.7. The molecule has 252 valence electrons. The Kier molecular flexibility index (Phi) is 31.2. The standard InChI is InChI=1S/C34H64NO7P/c1-3-5-6-7-8-9-10-11-12-13-14-15-16-17-18-19-20-21-22-23-24-25-26-27-29-39-31-33(42-34(36)4-2)32-41-43(37,38)40-30-28-35/h10-11,13-14,16-17,33H,3-9,12,15,18-32,35H2,1-2H3,(H,37,38)/b11-10-,14-13-,17-16-. The molecule has 0 saturated heterocycles. The second-order valence-electron chi connectivity index (χ2n) is 11.0. The fraction of sp³-hybridized carbons (Fsp3) is 0.794. The molecular weight excluding hydrogens is 565 g/mol. The summed E-state index contributed by atoms with van der Waals surface area (Å²) in [4.78, 5) is 21.3. The van der Waals surface area contributed by atoms with Crippen LogP contribution in [0.4, 0.5) is 0 Å². The number of nitrogens with two attached hydrogens (primary N) is 1. The molecule has 0 aromatic carbocycles. The molecule has 0 saturated carbocycles. The van der Waals surface area contributed by atoms with Crippen LogP contribution < -0.4 is 5.73 Å². The molecule has 8 nitrogen and oxygen atoms in total. The maximum Gasteiger partial charge on any atom is 0.472 e. The average Bonchev–Trinajstić information content (AvgIpc) is 3.00. The van der Waals surface area contributed by atoms with Gasteiger partial charge in [0.2, 0.25) is 0 Å². The average molecular weight is 630 g/mol. The number of unbranched alkanes of at least 4 members (excludes halogenated alkanes) is 14. The van der Waals surface area contributed by atoms with Crippen molar-refractivity contribution < 1.29 is 32.8 Å². The SMILES string of the molecule is CCCCCCC/C=C\C/C=C\C/C=C\CCCCCCCCCCCOCC(COP(=O)(O)OCCN)OC(=O)CC. The Balaban J connectivity index is 3.63. The number of hydrogen-bond donors (Lipinski definition) is 2. The largest absolute Gasteiger partial charge is 0.472 e. The van der Waals surface area contributed by atoms with Crippen LogP contribution in [0.3, 0.4) is 0 Å². The Morgan fingerprint density at radius 2 is 1.21 bits per heavy atom. The maximum absolute atomic E-state index is 11.8. The van der Waals surface area contributed by atoms with Crippen molar-refractivity contribution in [3.63, 3.8) is 0 Å². The summed E-state index contributed by atoms with van der Waals surface area (Å²) in [5.41, 5.74) is 5.27. The lowest BCUT2D eigenvalue weighted by molar-refractivity contribution is -0.154. The monoisotopic (exact) mass is 629 g/mol. The molecular formula is C34H64NO7P. The minimum atomic E-state index is -4.23. The molecule has 0 aliphatic rings. The molecule has 0 aromatic heterocycles. The van der Waals surface area contributed by atoms with Crippen LogP contribution in [-0.2, 0) is 27.9 Å². The third kappa shape index (κ3) is 31.9. The van der Waals surface area contributed by atoms with Crippen molar-refractivity contribution in [1.82, 2.24) is 0 Å². The molecule has 2 atom stereocenters. The summed E-state index contributed by atoms with van der Waals surface area (Å²) in [6.07, 6.45) is 35.3. The molecule has 2 unspecified atom stereocenters. The predicted molar refractivity (Wildman–Crippen MR) is 178 cm³/mol. The van der Waals surface area contributed by atoms with Crippen LogP contribution in [0.15, 0.2) is 36.5 Å². The molecule has 9 heteroatoms. The van der Waals surface area contributed by atoms with E-state index in [4.69, 9.17) is 24.3 Å². The number of ether oxygens (including phenoxy) is 2. The van der Waals surface area contributed by atoms with Gasteiger partial charge in [-0.25, -0.2) is 4.57 Å². The van der Waals surface area contributed by atoms with E-state index in [1.165, 1.54) is 89.9 Å². The molecule has 0 heterocycles. The van der Waals surface area contributed by atoms with Crippen molar-refractivity contribution in [3.05, 3.63) is 36.5 Å². The molecule has 0 aliphatic carbocycles. The molecule has 3 N–H and O–H groups in total. The van der Waals surface area contributed by atoms with Gasteiger partial charge < -0.3 is 20.1 Å². The molecule has 0 amide bonds. The summed E-state index contributed by atoms with van der Waals surface area (Å²) in [5.74, 6) is -0.422. The van der Waals surface area contributed by atoms with Crippen LogP contribution >= 0.6 is 7.82 Å². The topological polar surface area (TPSA) is 117 Å². The first-order valence-corrected chi connectivity index (χ1v) is 18.5. The quantitative estimate of drug-likeness (QED) is 0.0327. The highest BCUT2D eigenvalue weighted by Gasteiger charge is 2.24. The molecule has 0 bridgehead atoms. The Bertz CT molecular complexity index is 757. The summed E-state index contributed by atoms with van der Waals surface area (Å²) in [5, 5.41) is 0. The van der Waals surface area contributed by atoms with Crippen molar-refractivity contribution in [2.45, 2.75) is 142 Å². The van der Waals surface area contributed by atoms with Gasteiger partial charge in [0.15, 0.2) is 0 Å². The van der Waals surface area contributed by atoms with Crippen LogP contribution in [0.1, 0.15) is 136 Å². The number of phosphoric acid groups is 1. The number of hydrogen-bond acceptors (Lipinski definition) is 7. The molecule has 0 aromatic rings. The van der Waals surface area contributed by atoms with Crippen molar-refractivity contribution in [3.8, 4) is 0 Å². The van der Waals surface area contributed by atoms with Crippen molar-refractivity contribution >= 4 is 13.8 Å². The van der Waals surface area contributed by atoms with E-state index in [1.807, 2.05) is 0 Å². The van der Waals surface area contributed by atoms with Gasteiger partial charge in [0, 0.05) is 19.6 Å². The van der Waals surface area contributed by atoms with Crippen molar-refractivity contribution in [2.75, 3.05) is 33.0 Å². The van der Waals surface area contributed by atoms with Gasteiger partial charge in [-0.05, 0) is 44.9 Å². The molecule has 0 fully saturated rings. The molecule has 0 aliphatic heterocycles. The first-order valence-electron chi connectivity index (χ1n) is 17.0. The van der Waals surface area contributed by atoms with E-state index < -0.39 is 19.9 Å². The maximum atomic E-state index is 11.8. The summed E-state index contributed by atoms with van der Waals surface area (Å²) < 4.78 is 32.3. The van der Waals surface area contributed by atoms with Crippen molar-refractivity contribution in [1.29, 1.82) is 0 Å². The van der Waals surface area contributed by atoms with Crippen LogP contribution in [-0.4, -0.2) is 49.9 Å². The summed E-state index contributed by atoms with van der Waals surface area (Å²) in [6, 6.07) is 0. The Labute approximate surface area is 263 Å². The second-order valence-corrected chi connectivity index (χ2v) is 12.4. The lowest BCUT2D eigenvalue weighted by Gasteiger charge is -2.19. The van der Waals surface area contributed by atoms with Gasteiger partial charge in [-0.3, -0.25) is 13.8 Å². The Morgan fingerprint density at radius 3 is 1.74 bits per heavy atom. The minimum absolute atomic E-state index is 0.0969. The zero-order valence-corrected chi connectivity index (χ0v) is 28.3. The van der Waals surface area contributed by atoms with E-state index in [0.717, 1.165) is 25.7 Å². The number of phosphoric ester groups is 1. The van der Waals surface area contributed by atoms with E-state index in [9.17, 15) is 14.3 Å². The van der Waals surface area contributed by atoms with Gasteiger partial charge in [0.05, 0.1) is 19.8 Å². The third-order valence-corrected chi connectivity index (χ3v) is 7.85. The van der Waals surface area contributed by atoms with E-state index in [2.05, 4.69) is 43.4 Å². The smallest absolute Gasteiger partial charge is 0.457 e.